The van der Waals surface area contributed by atoms with Gasteiger partial charge in [0.25, 0.3) is 0 Å². The Bertz CT molecular complexity index is 555. The molecule has 3 rings (SSSR count). The first kappa shape index (κ1) is 11.7. The maximum absolute atomic E-state index is 6.00. The maximum atomic E-state index is 6.00. The molecule has 2 aromatic rings. The lowest BCUT2D eigenvalue weighted by molar-refractivity contribution is 0.247. The first-order valence-corrected chi connectivity index (χ1v) is 6.68. The van der Waals surface area contributed by atoms with Gasteiger partial charge in [0, 0.05) is 12.2 Å². The summed E-state index contributed by atoms with van der Waals surface area (Å²) in [5, 5.41) is 0. The van der Waals surface area contributed by atoms with Gasteiger partial charge >= 0.3 is 0 Å². The molecule has 4 heteroatoms. The zero-order valence-electron chi connectivity index (χ0n) is 10.8. The van der Waals surface area contributed by atoms with Crippen LogP contribution >= 0.6 is 0 Å². The minimum atomic E-state index is -0.0626. The van der Waals surface area contributed by atoms with E-state index in [0.717, 1.165) is 30.0 Å². The second-order valence-corrected chi connectivity index (χ2v) is 5.34. The van der Waals surface area contributed by atoms with E-state index in [2.05, 4.69) is 9.97 Å². The number of aromatic nitrogens is 2. The van der Waals surface area contributed by atoms with Crippen molar-refractivity contribution in [1.82, 2.24) is 9.97 Å². The number of fused-ring (bicyclic) bond motifs is 1. The third-order valence-electron chi connectivity index (χ3n) is 4.05. The van der Waals surface area contributed by atoms with Crippen LogP contribution in [0.25, 0.3) is 11.2 Å². The van der Waals surface area contributed by atoms with Crippen molar-refractivity contribution in [2.45, 2.75) is 44.4 Å². The number of aryl methyl sites for hydroxylation is 1. The smallest absolute Gasteiger partial charge is 0.204 e. The van der Waals surface area contributed by atoms with Crippen molar-refractivity contribution in [2.75, 3.05) is 6.54 Å². The van der Waals surface area contributed by atoms with E-state index in [1.165, 1.54) is 19.3 Å². The molecule has 2 aromatic heterocycles. The van der Waals surface area contributed by atoms with Gasteiger partial charge in [-0.25, -0.2) is 4.98 Å². The van der Waals surface area contributed by atoms with Crippen LogP contribution in [0.1, 0.15) is 43.7 Å². The van der Waals surface area contributed by atoms with Crippen molar-refractivity contribution in [1.29, 1.82) is 0 Å². The highest BCUT2D eigenvalue weighted by Crippen LogP contribution is 2.39. The second-order valence-electron chi connectivity index (χ2n) is 5.34. The van der Waals surface area contributed by atoms with Gasteiger partial charge in [-0.2, -0.15) is 4.98 Å². The van der Waals surface area contributed by atoms with Gasteiger partial charge in [0.05, 0.1) is 5.41 Å². The van der Waals surface area contributed by atoms with E-state index in [-0.39, 0.29) is 5.41 Å². The van der Waals surface area contributed by atoms with E-state index in [0.29, 0.717) is 12.2 Å². The van der Waals surface area contributed by atoms with E-state index in [4.69, 9.17) is 10.2 Å². The standard InChI is InChI=1S/C14H19N3O/c1-10-5-6-11-12(16-10)17-13(18-11)14(9-15)7-3-2-4-8-14/h5-6H,2-4,7-9,15H2,1H3. The number of pyridine rings is 1. The molecule has 1 aliphatic rings. The highest BCUT2D eigenvalue weighted by atomic mass is 16.3. The summed E-state index contributed by atoms with van der Waals surface area (Å²) in [6.07, 6.45) is 5.87. The Hall–Kier alpha value is -1.42. The SMILES string of the molecule is Cc1ccc2oc(C3(CN)CCCCC3)nc2n1. The highest BCUT2D eigenvalue weighted by Gasteiger charge is 2.37. The van der Waals surface area contributed by atoms with Crippen molar-refractivity contribution in [3.05, 3.63) is 23.7 Å². The lowest BCUT2D eigenvalue weighted by Gasteiger charge is -2.32. The average Bonchev–Trinajstić information content (AvgIpc) is 2.83. The van der Waals surface area contributed by atoms with Crippen LogP contribution in [0, 0.1) is 6.92 Å². The van der Waals surface area contributed by atoms with Gasteiger partial charge in [0.1, 0.15) is 0 Å². The zero-order valence-corrected chi connectivity index (χ0v) is 10.8. The van der Waals surface area contributed by atoms with Crippen molar-refractivity contribution in [3.63, 3.8) is 0 Å². The molecule has 0 aliphatic heterocycles. The predicted molar refractivity (Wildman–Crippen MR) is 70.4 cm³/mol. The lowest BCUT2D eigenvalue weighted by Crippen LogP contribution is -2.37. The molecule has 1 saturated carbocycles. The Morgan fingerprint density at radius 1 is 1.22 bits per heavy atom. The van der Waals surface area contributed by atoms with E-state index < -0.39 is 0 Å². The summed E-state index contributed by atoms with van der Waals surface area (Å²) in [4.78, 5) is 8.99. The molecule has 0 bridgehead atoms. The minimum absolute atomic E-state index is 0.0626. The van der Waals surface area contributed by atoms with E-state index in [1.807, 2.05) is 19.1 Å². The van der Waals surface area contributed by atoms with Crippen molar-refractivity contribution in [3.8, 4) is 0 Å². The van der Waals surface area contributed by atoms with Crippen molar-refractivity contribution < 1.29 is 4.42 Å². The summed E-state index contributed by atoms with van der Waals surface area (Å²) in [5.41, 5.74) is 8.39. The summed E-state index contributed by atoms with van der Waals surface area (Å²) in [6.45, 7) is 2.58. The highest BCUT2D eigenvalue weighted by molar-refractivity contribution is 5.67. The summed E-state index contributed by atoms with van der Waals surface area (Å²) >= 11 is 0. The third-order valence-corrected chi connectivity index (χ3v) is 4.05. The van der Waals surface area contributed by atoms with Crippen LogP contribution in [0.5, 0.6) is 0 Å². The average molecular weight is 245 g/mol. The monoisotopic (exact) mass is 245 g/mol. The molecule has 96 valence electrons. The zero-order chi connectivity index (χ0) is 12.6. The van der Waals surface area contributed by atoms with Crippen LogP contribution < -0.4 is 5.73 Å². The quantitative estimate of drug-likeness (QED) is 0.883. The summed E-state index contributed by atoms with van der Waals surface area (Å²) in [6, 6.07) is 3.90. The molecule has 0 atom stereocenters. The molecule has 0 unspecified atom stereocenters. The lowest BCUT2D eigenvalue weighted by atomic mass is 9.74. The summed E-state index contributed by atoms with van der Waals surface area (Å²) < 4.78 is 5.90. The fourth-order valence-electron chi connectivity index (χ4n) is 2.87. The normalized spacial score (nSPS) is 19.2. The van der Waals surface area contributed by atoms with Gasteiger partial charge in [-0.3, -0.25) is 0 Å². The summed E-state index contributed by atoms with van der Waals surface area (Å²) in [5.74, 6) is 0.790. The van der Waals surface area contributed by atoms with Crippen molar-refractivity contribution in [2.24, 2.45) is 5.73 Å². The number of oxazole rings is 1. The number of hydrogen-bond donors (Lipinski definition) is 1. The van der Waals surface area contributed by atoms with Gasteiger partial charge < -0.3 is 10.2 Å². The molecule has 4 nitrogen and oxygen atoms in total. The van der Waals surface area contributed by atoms with Gasteiger partial charge in [0.15, 0.2) is 11.2 Å². The molecule has 0 spiro atoms. The van der Waals surface area contributed by atoms with Crippen LogP contribution in [0.3, 0.4) is 0 Å². The minimum Gasteiger partial charge on any atom is -0.438 e. The van der Waals surface area contributed by atoms with E-state index >= 15 is 0 Å². The molecule has 1 fully saturated rings. The van der Waals surface area contributed by atoms with E-state index in [9.17, 15) is 0 Å². The Morgan fingerprint density at radius 3 is 2.72 bits per heavy atom. The number of rotatable bonds is 2. The molecule has 18 heavy (non-hydrogen) atoms. The Kier molecular flexibility index (Phi) is 2.82. The third kappa shape index (κ3) is 1.81. The topological polar surface area (TPSA) is 64.9 Å². The maximum Gasteiger partial charge on any atom is 0.204 e. The molecule has 0 amide bonds. The largest absolute Gasteiger partial charge is 0.438 e. The van der Waals surface area contributed by atoms with Crippen LogP contribution in [0.4, 0.5) is 0 Å². The molecule has 2 N–H and O–H groups in total. The van der Waals surface area contributed by atoms with E-state index in [1.54, 1.807) is 0 Å². The molecule has 0 aromatic carbocycles. The number of hydrogen-bond acceptors (Lipinski definition) is 4. The van der Waals surface area contributed by atoms with Gasteiger partial charge in [-0.15, -0.1) is 0 Å². The first-order valence-electron chi connectivity index (χ1n) is 6.68. The van der Waals surface area contributed by atoms with Gasteiger partial charge in [-0.05, 0) is 31.9 Å². The van der Waals surface area contributed by atoms with Crippen LogP contribution in [-0.4, -0.2) is 16.5 Å². The molecule has 2 heterocycles. The van der Waals surface area contributed by atoms with Gasteiger partial charge in [-0.1, -0.05) is 19.3 Å². The fraction of sp³-hybridized carbons (Fsp3) is 0.571. The Balaban J connectivity index is 2.06. The molecule has 0 saturated heterocycles. The van der Waals surface area contributed by atoms with Crippen LogP contribution in [0.15, 0.2) is 16.5 Å². The first-order chi connectivity index (χ1) is 8.73. The second kappa shape index (κ2) is 4.35. The Labute approximate surface area is 107 Å². The summed E-state index contributed by atoms with van der Waals surface area (Å²) in [7, 11) is 0. The van der Waals surface area contributed by atoms with Crippen LogP contribution in [0.2, 0.25) is 0 Å². The molecular weight excluding hydrogens is 226 g/mol. The molecule has 0 radical (unpaired) electrons. The van der Waals surface area contributed by atoms with Crippen molar-refractivity contribution >= 4 is 11.2 Å². The molecule has 1 aliphatic carbocycles. The fourth-order valence-corrected chi connectivity index (χ4v) is 2.87. The van der Waals surface area contributed by atoms with Crippen LogP contribution in [-0.2, 0) is 5.41 Å². The number of nitrogens with two attached hydrogens (primary N) is 1. The Morgan fingerprint density at radius 2 is 2.00 bits per heavy atom. The van der Waals surface area contributed by atoms with Gasteiger partial charge in [0.2, 0.25) is 5.89 Å². The molecular formula is C14H19N3O. The number of nitrogens with zero attached hydrogens (tertiary/aromatic N) is 2. The predicted octanol–water partition coefficient (Wildman–Crippen LogP) is 2.69.